The van der Waals surface area contributed by atoms with E-state index in [1.807, 2.05) is 0 Å². The van der Waals surface area contributed by atoms with Gasteiger partial charge in [-0.15, -0.1) is 0 Å². The van der Waals surface area contributed by atoms with E-state index in [9.17, 15) is 33.1 Å². The topological polar surface area (TPSA) is 138 Å². The highest BCUT2D eigenvalue weighted by Gasteiger charge is 3.01. The van der Waals surface area contributed by atoms with Crippen LogP contribution in [0.3, 0.4) is 0 Å². The van der Waals surface area contributed by atoms with Crippen molar-refractivity contribution in [1.82, 2.24) is 0 Å². The van der Waals surface area contributed by atoms with Gasteiger partial charge < -0.3 is 25.8 Å². The van der Waals surface area contributed by atoms with Crippen molar-refractivity contribution in [3.8, 4) is 5.75 Å². The molecule has 2 atom stereocenters. The molecule has 5 N–H and O–H groups in total. The summed E-state index contributed by atoms with van der Waals surface area (Å²) in [6, 6.07) is 3.56. The molecule has 0 bridgehead atoms. The molecule has 2 aliphatic rings. The van der Waals surface area contributed by atoms with Crippen LogP contribution in [0.4, 0.5) is 13.2 Å². The fraction of sp³-hybridized carbons (Fsp3) is 0.714. The zero-order chi connectivity index (χ0) is 24.7. The minimum absolute atomic E-state index is 0.143. The van der Waals surface area contributed by atoms with Gasteiger partial charge in [-0.1, -0.05) is 32.3 Å². The first-order valence-corrected chi connectivity index (χ1v) is 12.5. The van der Waals surface area contributed by atoms with Gasteiger partial charge in [-0.05, 0) is 50.3 Å². The Morgan fingerprint density at radius 3 is 2.36 bits per heavy atom. The van der Waals surface area contributed by atoms with Crippen molar-refractivity contribution in [3.63, 3.8) is 0 Å². The number of benzene rings is 1. The molecule has 2 heterocycles. The first kappa shape index (κ1) is 26.4. The average Bonchev–Trinajstić information content (AvgIpc) is 3.55. The number of aliphatic hydroxyl groups is 3. The Morgan fingerprint density at radius 2 is 1.85 bits per heavy atom. The van der Waals surface area contributed by atoms with Crippen LogP contribution < -0.4 is 10.5 Å². The number of aliphatic hydroxyl groups excluding tert-OH is 1. The molecule has 0 aromatic heterocycles. The van der Waals surface area contributed by atoms with E-state index >= 15 is 0 Å². The summed E-state index contributed by atoms with van der Waals surface area (Å²) in [5, 5.41) is 30.5. The van der Waals surface area contributed by atoms with E-state index in [0.29, 0.717) is 6.42 Å². The minimum atomic E-state index is -4.67. The number of hydrogen-bond donors (Lipinski definition) is 4. The molecule has 12 heteroatoms. The quantitative estimate of drug-likeness (QED) is 0.140. The predicted molar refractivity (Wildman–Crippen MR) is 112 cm³/mol. The molecule has 188 valence electrons. The Hall–Kier alpha value is -1.20. The second-order valence-corrected chi connectivity index (χ2v) is 10.8. The lowest BCUT2D eigenvalue weighted by Crippen LogP contribution is -2.68. The normalized spacial score (nSPS) is 26.9. The van der Waals surface area contributed by atoms with Crippen molar-refractivity contribution in [1.29, 1.82) is 0 Å². The van der Waals surface area contributed by atoms with Crippen molar-refractivity contribution in [2.45, 2.75) is 87.9 Å². The molecule has 0 saturated carbocycles. The monoisotopic (exact) mass is 497 g/mol. The zero-order valence-electron chi connectivity index (χ0n) is 18.6. The van der Waals surface area contributed by atoms with E-state index in [2.05, 4.69) is 16.0 Å². The summed E-state index contributed by atoms with van der Waals surface area (Å²) in [6.07, 6.45) is -0.948. The van der Waals surface area contributed by atoms with Crippen LogP contribution in [0.2, 0.25) is 0 Å². The molecule has 0 amide bonds. The lowest BCUT2D eigenvalue weighted by Gasteiger charge is -2.38. The summed E-state index contributed by atoms with van der Waals surface area (Å²) in [4.78, 5) is 0. The van der Waals surface area contributed by atoms with Crippen LogP contribution in [-0.2, 0) is 26.2 Å². The largest absolute Gasteiger partial charge is 0.490 e. The molecule has 0 aliphatic carbocycles. The third-order valence-electron chi connectivity index (χ3n) is 6.20. The second-order valence-electron chi connectivity index (χ2n) is 8.85. The molecule has 3 rings (SSSR count). The van der Waals surface area contributed by atoms with E-state index in [-0.39, 0.29) is 24.2 Å². The van der Waals surface area contributed by atoms with Gasteiger partial charge in [0.25, 0.3) is 5.79 Å². The molecule has 0 radical (unpaired) electrons. The van der Waals surface area contributed by atoms with Crippen LogP contribution in [-0.4, -0.2) is 44.9 Å². The molecular weight excluding hydrogens is 466 g/mol. The summed E-state index contributed by atoms with van der Waals surface area (Å²) in [7, 11) is -3.60. The van der Waals surface area contributed by atoms with Gasteiger partial charge >= 0.3 is 19.3 Å². The number of rotatable bonds is 13. The Labute approximate surface area is 190 Å². The number of aryl methyl sites for hydroxylation is 1. The van der Waals surface area contributed by atoms with Crippen LogP contribution >= 0.6 is 7.60 Å². The molecule has 2 fully saturated rings. The van der Waals surface area contributed by atoms with E-state index < -0.39 is 48.9 Å². The molecule has 33 heavy (non-hydrogen) atoms. The SMILES string of the molecule is CCCCCC[C@@H](C)Oc1ccc(CCC(N)(CO)C(O)(O)C23OP2(=O)O3)cc1C(F)(F)F. The summed E-state index contributed by atoms with van der Waals surface area (Å²) < 4.78 is 67.7. The number of ether oxygens (including phenoxy) is 1. The number of halogens is 3. The van der Waals surface area contributed by atoms with Gasteiger partial charge in [-0.25, -0.2) is 0 Å². The van der Waals surface area contributed by atoms with Crippen molar-refractivity contribution < 1.29 is 46.8 Å². The molecule has 1 aromatic rings. The van der Waals surface area contributed by atoms with Gasteiger partial charge in [-0.2, -0.15) is 13.2 Å². The van der Waals surface area contributed by atoms with Gasteiger partial charge in [0.2, 0.25) is 0 Å². The van der Waals surface area contributed by atoms with Crippen LogP contribution in [0.15, 0.2) is 18.2 Å². The third kappa shape index (κ3) is 4.96. The van der Waals surface area contributed by atoms with E-state index in [0.717, 1.165) is 31.7 Å². The molecule has 1 aromatic carbocycles. The highest BCUT2D eigenvalue weighted by Crippen LogP contribution is 3.00. The molecule has 2 aliphatic heterocycles. The fourth-order valence-electron chi connectivity index (χ4n) is 3.85. The van der Waals surface area contributed by atoms with Crippen molar-refractivity contribution in [2.24, 2.45) is 5.73 Å². The van der Waals surface area contributed by atoms with E-state index in [1.165, 1.54) is 12.1 Å². The number of fused-ring (bicyclic) bond motifs is 1. The van der Waals surface area contributed by atoms with Crippen LogP contribution in [0.25, 0.3) is 0 Å². The molecule has 0 spiro atoms. The fourth-order valence-corrected chi connectivity index (χ4v) is 5.69. The molecule has 2 saturated heterocycles. The van der Waals surface area contributed by atoms with Crippen LogP contribution in [0, 0.1) is 0 Å². The number of unbranched alkanes of at least 4 members (excludes halogenated alkanes) is 3. The standard InChI is InChI=1S/C21H31F3NO7P/c1-3-4-5-6-7-14(2)30-17-9-8-15(12-16(17)19(22,23)24)10-11-18(25,13-26)20(27,28)21-31-33(21,29)32-21/h8-9,12,14,26-28H,3-7,10-11,13,25H2,1-2H3/t14-,18?,21?,33?/m1/s1. The number of nitrogens with two attached hydrogens (primary N) is 1. The summed E-state index contributed by atoms with van der Waals surface area (Å²) >= 11 is 0. The Bertz CT molecular complexity index is 900. The highest BCUT2D eigenvalue weighted by atomic mass is 31.2. The van der Waals surface area contributed by atoms with Gasteiger partial charge in [-0.3, -0.25) is 13.6 Å². The first-order chi connectivity index (χ1) is 15.3. The van der Waals surface area contributed by atoms with Gasteiger partial charge in [0.1, 0.15) is 5.75 Å². The lowest BCUT2D eigenvalue weighted by atomic mass is 9.84. The smallest absolute Gasteiger partial charge is 0.419 e. The van der Waals surface area contributed by atoms with Crippen molar-refractivity contribution in [2.75, 3.05) is 6.61 Å². The zero-order valence-corrected chi connectivity index (χ0v) is 19.5. The summed E-state index contributed by atoms with van der Waals surface area (Å²) in [6.45, 7) is 2.84. The van der Waals surface area contributed by atoms with Gasteiger partial charge in [0.15, 0.2) is 0 Å². The Kier molecular flexibility index (Phi) is 7.29. The Morgan fingerprint density at radius 1 is 1.21 bits per heavy atom. The highest BCUT2D eigenvalue weighted by molar-refractivity contribution is 7.68. The molecule has 8 nitrogen and oxygen atoms in total. The van der Waals surface area contributed by atoms with Crippen molar-refractivity contribution in [3.05, 3.63) is 29.3 Å². The second kappa shape index (κ2) is 9.11. The number of hydrogen-bond acceptors (Lipinski definition) is 8. The van der Waals surface area contributed by atoms with Gasteiger partial charge in [0, 0.05) is 0 Å². The van der Waals surface area contributed by atoms with Gasteiger partial charge in [0.05, 0.1) is 23.8 Å². The van der Waals surface area contributed by atoms with Crippen LogP contribution in [0.1, 0.15) is 63.5 Å². The third-order valence-corrected chi connectivity index (χ3v) is 8.08. The molecule has 1 unspecified atom stereocenters. The maximum absolute atomic E-state index is 13.7. The first-order valence-electron chi connectivity index (χ1n) is 11.0. The lowest BCUT2D eigenvalue weighted by molar-refractivity contribution is -0.290. The van der Waals surface area contributed by atoms with E-state index in [1.54, 1.807) is 6.92 Å². The predicted octanol–water partition coefficient (Wildman–Crippen LogP) is 3.65. The Balaban J connectivity index is 1.70. The molecular formula is C21H31F3NO7P. The van der Waals surface area contributed by atoms with Crippen LogP contribution in [0.5, 0.6) is 5.75 Å². The summed E-state index contributed by atoms with van der Waals surface area (Å²) in [5.74, 6) is -3.28. The van der Waals surface area contributed by atoms with Crippen molar-refractivity contribution >= 4 is 7.60 Å². The maximum Gasteiger partial charge on any atom is 0.419 e. The summed E-state index contributed by atoms with van der Waals surface area (Å²) in [5.41, 5.74) is 0.860. The maximum atomic E-state index is 13.7. The average molecular weight is 497 g/mol. The minimum Gasteiger partial charge on any atom is -0.490 e. The van der Waals surface area contributed by atoms with E-state index in [4.69, 9.17) is 10.5 Å². The number of alkyl halides is 3.